The topological polar surface area (TPSA) is 103 Å². The molecule has 0 saturated carbocycles. The van der Waals surface area contributed by atoms with Crippen LogP contribution in [-0.2, 0) is 16.0 Å². The highest BCUT2D eigenvalue weighted by molar-refractivity contribution is 6.24. The number of nitrogens with zero attached hydrogens (tertiary/aromatic N) is 3. The van der Waals surface area contributed by atoms with Crippen LogP contribution in [0.2, 0.25) is 0 Å². The maximum Gasteiger partial charge on any atom is 0.261 e. The third-order valence-electron chi connectivity index (χ3n) is 5.00. The van der Waals surface area contributed by atoms with Crippen LogP contribution in [0.4, 0.5) is 11.4 Å². The van der Waals surface area contributed by atoms with Crippen LogP contribution in [0.15, 0.2) is 36.8 Å². The number of rotatable bonds is 4. The second kappa shape index (κ2) is 7.71. The molecular weight excluding hydrogens is 370 g/mol. The Morgan fingerprint density at radius 3 is 2.66 bits per heavy atom. The molecule has 8 nitrogen and oxygen atoms in total. The summed E-state index contributed by atoms with van der Waals surface area (Å²) in [5.74, 6) is 0.695. The zero-order valence-corrected chi connectivity index (χ0v) is 16.6. The van der Waals surface area contributed by atoms with Gasteiger partial charge in [0.05, 0.1) is 30.2 Å². The summed E-state index contributed by atoms with van der Waals surface area (Å²) in [7, 11) is 0. The largest absolute Gasteiger partial charge is 0.487 e. The van der Waals surface area contributed by atoms with Crippen LogP contribution >= 0.6 is 0 Å². The number of carbonyl (C=O) groups is 1. The number of carbonyl (C=O) groups excluding carboxylic acids is 1. The number of hydrogen-bond donors (Lipinski definition) is 2. The normalized spacial score (nSPS) is 18.1. The van der Waals surface area contributed by atoms with E-state index >= 15 is 0 Å². The first-order chi connectivity index (χ1) is 14.0. The van der Waals surface area contributed by atoms with Crippen molar-refractivity contribution in [2.45, 2.75) is 25.9 Å². The molecule has 2 aromatic rings. The highest BCUT2D eigenvalue weighted by Gasteiger charge is 2.32. The second-order valence-corrected chi connectivity index (χ2v) is 7.72. The van der Waals surface area contributed by atoms with Crippen molar-refractivity contribution >= 4 is 22.9 Å². The van der Waals surface area contributed by atoms with Crippen molar-refractivity contribution in [1.82, 2.24) is 9.97 Å². The molecule has 0 atom stereocenters. The average Bonchev–Trinajstić information content (AvgIpc) is 3.02. The molecule has 4 rings (SSSR count). The fourth-order valence-corrected chi connectivity index (χ4v) is 3.68. The number of amides is 1. The van der Waals surface area contributed by atoms with Crippen LogP contribution in [0.3, 0.4) is 0 Å². The summed E-state index contributed by atoms with van der Waals surface area (Å²) in [4.78, 5) is 23.5. The van der Waals surface area contributed by atoms with E-state index in [1.54, 1.807) is 18.5 Å². The number of fused-ring (bicyclic) bond motifs is 1. The number of nitrogens with two attached hydrogens (primary N) is 1. The molecular formula is C21H25N5O3. The van der Waals surface area contributed by atoms with Gasteiger partial charge in [-0.15, -0.1) is 0 Å². The lowest BCUT2D eigenvalue weighted by Gasteiger charge is -2.31. The Hall–Kier alpha value is -3.13. The van der Waals surface area contributed by atoms with E-state index in [4.69, 9.17) is 15.2 Å². The van der Waals surface area contributed by atoms with Crippen molar-refractivity contribution in [1.29, 1.82) is 0 Å². The molecule has 2 aliphatic rings. The minimum atomic E-state index is -0.370. The molecule has 8 heteroatoms. The fraction of sp³-hybridized carbons (Fsp3) is 0.381. The number of nitrogens with one attached hydrogen (secondary N) is 1. The van der Waals surface area contributed by atoms with Gasteiger partial charge in [-0.2, -0.15) is 0 Å². The molecule has 1 aromatic carbocycles. The molecule has 1 amide bonds. The van der Waals surface area contributed by atoms with E-state index in [1.807, 2.05) is 6.07 Å². The number of morpholine rings is 1. The molecule has 1 aromatic heterocycles. The Labute approximate surface area is 169 Å². The van der Waals surface area contributed by atoms with Gasteiger partial charge in [0, 0.05) is 49.7 Å². The van der Waals surface area contributed by atoms with Gasteiger partial charge >= 0.3 is 0 Å². The van der Waals surface area contributed by atoms with Crippen LogP contribution in [-0.4, -0.2) is 47.8 Å². The molecule has 0 bridgehead atoms. The van der Waals surface area contributed by atoms with Gasteiger partial charge in [-0.25, -0.2) is 9.97 Å². The Bertz CT molecular complexity index is 937. The minimum Gasteiger partial charge on any atom is -0.487 e. The van der Waals surface area contributed by atoms with E-state index in [9.17, 15) is 4.79 Å². The molecule has 152 valence electrons. The van der Waals surface area contributed by atoms with Gasteiger partial charge in [0.2, 0.25) is 0 Å². The van der Waals surface area contributed by atoms with Crippen LogP contribution < -0.4 is 20.7 Å². The monoisotopic (exact) mass is 395 g/mol. The first-order valence-corrected chi connectivity index (χ1v) is 9.66. The van der Waals surface area contributed by atoms with E-state index in [0.717, 1.165) is 36.5 Å². The summed E-state index contributed by atoms with van der Waals surface area (Å²) in [6, 6.07) is 5.69. The Morgan fingerprint density at radius 2 is 1.97 bits per heavy atom. The molecule has 0 spiro atoms. The number of anilines is 2. The Morgan fingerprint density at radius 1 is 1.24 bits per heavy atom. The highest BCUT2D eigenvalue weighted by Crippen LogP contribution is 2.42. The zero-order chi connectivity index (χ0) is 20.4. The third-order valence-corrected chi connectivity index (χ3v) is 5.00. The predicted octanol–water partition coefficient (Wildman–Crippen LogP) is 1.96. The summed E-state index contributed by atoms with van der Waals surface area (Å²) in [6.07, 6.45) is 5.19. The smallest absolute Gasteiger partial charge is 0.261 e. The van der Waals surface area contributed by atoms with Gasteiger partial charge < -0.3 is 25.4 Å². The average molecular weight is 395 g/mol. The van der Waals surface area contributed by atoms with E-state index in [2.05, 4.69) is 40.1 Å². The third kappa shape index (κ3) is 4.02. The molecule has 1 saturated heterocycles. The van der Waals surface area contributed by atoms with Crippen molar-refractivity contribution in [3.63, 3.8) is 0 Å². The minimum absolute atomic E-state index is 0.209. The maximum atomic E-state index is 13.0. The zero-order valence-electron chi connectivity index (χ0n) is 16.6. The van der Waals surface area contributed by atoms with Gasteiger partial charge in [0.15, 0.2) is 5.82 Å². The van der Waals surface area contributed by atoms with E-state index in [1.165, 1.54) is 6.20 Å². The van der Waals surface area contributed by atoms with E-state index < -0.39 is 0 Å². The molecule has 2 aliphatic heterocycles. The van der Waals surface area contributed by atoms with Crippen LogP contribution in [0.25, 0.3) is 5.57 Å². The van der Waals surface area contributed by atoms with Gasteiger partial charge in [0.25, 0.3) is 5.91 Å². The number of hydrogen-bond acceptors (Lipinski definition) is 7. The van der Waals surface area contributed by atoms with Crippen molar-refractivity contribution in [3.8, 4) is 5.75 Å². The number of benzene rings is 1. The van der Waals surface area contributed by atoms with Crippen molar-refractivity contribution in [3.05, 3.63) is 48.2 Å². The first kappa shape index (κ1) is 19.2. The van der Waals surface area contributed by atoms with Crippen LogP contribution in [0.5, 0.6) is 5.75 Å². The van der Waals surface area contributed by atoms with Gasteiger partial charge in [-0.05, 0) is 26.0 Å². The van der Waals surface area contributed by atoms with Crippen LogP contribution in [0, 0.1) is 0 Å². The Kier molecular flexibility index (Phi) is 5.10. The van der Waals surface area contributed by atoms with Crippen molar-refractivity contribution in [2.24, 2.45) is 5.73 Å². The fourth-order valence-electron chi connectivity index (χ4n) is 3.68. The summed E-state index contributed by atoms with van der Waals surface area (Å²) in [5.41, 5.74) is 8.41. The van der Waals surface area contributed by atoms with Crippen molar-refractivity contribution < 1.29 is 14.3 Å². The molecule has 0 aliphatic carbocycles. The summed E-state index contributed by atoms with van der Waals surface area (Å²) >= 11 is 0. The van der Waals surface area contributed by atoms with Crippen LogP contribution in [0.1, 0.15) is 25.2 Å². The number of aromatic nitrogens is 2. The lowest BCUT2D eigenvalue weighted by atomic mass is 10.0. The predicted molar refractivity (Wildman–Crippen MR) is 111 cm³/mol. The van der Waals surface area contributed by atoms with E-state index in [0.29, 0.717) is 18.9 Å². The first-order valence-electron chi connectivity index (χ1n) is 9.66. The quantitative estimate of drug-likeness (QED) is 0.763. The Balaban J connectivity index is 1.67. The molecule has 3 heterocycles. The molecule has 0 radical (unpaired) electrons. The SMILES string of the molecule is CC1(C)Cc2cc(N3CCOCC3)c(NC(=O)C(=CN)c3ncccn3)cc2O1. The summed E-state index contributed by atoms with van der Waals surface area (Å²) in [5, 5.41) is 2.98. The standard InChI is InChI=1S/C21H25N5O3/c1-21(2)12-14-10-17(26-6-8-28-9-7-26)16(11-18(14)29-21)25-20(27)15(13-22)19-23-4-3-5-24-19/h3-5,10-11,13H,6-9,12,22H2,1-2H3,(H,25,27). The molecule has 1 fully saturated rings. The summed E-state index contributed by atoms with van der Waals surface area (Å²) < 4.78 is 11.6. The van der Waals surface area contributed by atoms with E-state index in [-0.39, 0.29) is 22.9 Å². The summed E-state index contributed by atoms with van der Waals surface area (Å²) in [6.45, 7) is 6.93. The van der Waals surface area contributed by atoms with Crippen molar-refractivity contribution in [2.75, 3.05) is 36.5 Å². The van der Waals surface area contributed by atoms with Gasteiger partial charge in [-0.3, -0.25) is 4.79 Å². The lowest BCUT2D eigenvalue weighted by Crippen LogP contribution is -2.37. The molecule has 3 N–H and O–H groups in total. The van der Waals surface area contributed by atoms with Gasteiger partial charge in [-0.1, -0.05) is 0 Å². The number of ether oxygens (including phenoxy) is 2. The molecule has 0 unspecified atom stereocenters. The molecule has 29 heavy (non-hydrogen) atoms. The second-order valence-electron chi connectivity index (χ2n) is 7.72. The maximum absolute atomic E-state index is 13.0. The lowest BCUT2D eigenvalue weighted by molar-refractivity contribution is -0.111. The highest BCUT2D eigenvalue weighted by atomic mass is 16.5. The van der Waals surface area contributed by atoms with Gasteiger partial charge in [0.1, 0.15) is 11.4 Å².